The summed E-state index contributed by atoms with van der Waals surface area (Å²) in [7, 11) is 3.87. The summed E-state index contributed by atoms with van der Waals surface area (Å²) in [6, 6.07) is 0. The van der Waals surface area contributed by atoms with Gasteiger partial charge in [-0.15, -0.1) is 10.2 Å². The summed E-state index contributed by atoms with van der Waals surface area (Å²) in [5.74, 6) is 1.61. The van der Waals surface area contributed by atoms with Crippen molar-refractivity contribution in [2.75, 3.05) is 19.0 Å². The van der Waals surface area contributed by atoms with E-state index in [0.29, 0.717) is 17.5 Å². The third-order valence-corrected chi connectivity index (χ3v) is 4.35. The Morgan fingerprint density at radius 2 is 2.11 bits per heavy atom. The minimum Gasteiger partial charge on any atom is -0.353 e. The average molecular weight is 300 g/mol. The van der Waals surface area contributed by atoms with Crippen LogP contribution >= 0.6 is 23.1 Å². The van der Waals surface area contributed by atoms with Crippen LogP contribution in [0, 0.1) is 0 Å². The Bertz CT molecular complexity index is 544. The van der Waals surface area contributed by atoms with E-state index in [9.17, 15) is 0 Å². The first-order valence-electron chi connectivity index (χ1n) is 5.62. The Kier molecular flexibility index (Phi) is 4.07. The molecule has 0 saturated carbocycles. The first-order chi connectivity index (χ1) is 8.86. The fraction of sp³-hybridized carbons (Fsp3) is 0.600. The molecule has 2 rings (SSSR count). The predicted molar refractivity (Wildman–Crippen MR) is 75.3 cm³/mol. The summed E-state index contributed by atoms with van der Waals surface area (Å²) >= 11 is 3.04. The van der Waals surface area contributed by atoms with Gasteiger partial charge in [0, 0.05) is 14.1 Å². The summed E-state index contributed by atoms with van der Waals surface area (Å²) in [4.78, 5) is 6.18. The van der Waals surface area contributed by atoms with Crippen LogP contribution in [0.2, 0.25) is 0 Å². The van der Waals surface area contributed by atoms with Gasteiger partial charge in [-0.1, -0.05) is 28.3 Å². The molecule has 0 fully saturated rings. The van der Waals surface area contributed by atoms with Gasteiger partial charge in [-0.2, -0.15) is 4.98 Å². The van der Waals surface area contributed by atoms with Crippen LogP contribution in [0.5, 0.6) is 0 Å². The SMILES string of the molecule is CN(C)c1nnc(SCc2nc(C(C)(C)N)no2)s1. The van der Waals surface area contributed by atoms with Gasteiger partial charge in [-0.05, 0) is 13.8 Å². The minimum absolute atomic E-state index is 0.509. The standard InChI is InChI=1S/C10H16N6OS2/c1-10(2,11)7-12-6(17-15-7)5-18-9-14-13-8(19-9)16(3)4/h5,11H2,1-4H3. The number of hydrogen-bond acceptors (Lipinski definition) is 9. The summed E-state index contributed by atoms with van der Waals surface area (Å²) in [5.41, 5.74) is 5.31. The van der Waals surface area contributed by atoms with Crippen molar-refractivity contribution >= 4 is 28.2 Å². The van der Waals surface area contributed by atoms with E-state index in [4.69, 9.17) is 10.3 Å². The van der Waals surface area contributed by atoms with Crippen molar-refractivity contribution in [2.24, 2.45) is 5.73 Å². The molecule has 0 aliphatic rings. The van der Waals surface area contributed by atoms with E-state index in [-0.39, 0.29) is 0 Å². The Morgan fingerprint density at radius 3 is 2.63 bits per heavy atom. The van der Waals surface area contributed by atoms with Crippen LogP contribution in [0.25, 0.3) is 0 Å². The second-order valence-corrected chi connectivity index (χ2v) is 6.95. The average Bonchev–Trinajstić information content (AvgIpc) is 2.95. The van der Waals surface area contributed by atoms with E-state index in [1.807, 2.05) is 32.8 Å². The lowest BCUT2D eigenvalue weighted by atomic mass is 10.1. The Hall–Kier alpha value is -1.19. The van der Waals surface area contributed by atoms with E-state index < -0.39 is 5.54 Å². The molecule has 0 radical (unpaired) electrons. The van der Waals surface area contributed by atoms with Crippen molar-refractivity contribution in [1.29, 1.82) is 0 Å². The number of hydrogen-bond donors (Lipinski definition) is 1. The van der Waals surface area contributed by atoms with Gasteiger partial charge in [0.25, 0.3) is 0 Å². The number of thioether (sulfide) groups is 1. The third-order valence-electron chi connectivity index (χ3n) is 2.14. The van der Waals surface area contributed by atoms with Gasteiger partial charge in [-0.25, -0.2) is 0 Å². The van der Waals surface area contributed by atoms with Crippen LogP contribution in [0.15, 0.2) is 8.86 Å². The first kappa shape index (κ1) is 14.2. The Balaban J connectivity index is 1.96. The molecule has 9 heteroatoms. The molecule has 2 aromatic rings. The van der Waals surface area contributed by atoms with Gasteiger partial charge in [-0.3, -0.25) is 0 Å². The predicted octanol–water partition coefficient (Wildman–Crippen LogP) is 1.47. The van der Waals surface area contributed by atoms with E-state index in [0.717, 1.165) is 9.47 Å². The van der Waals surface area contributed by atoms with E-state index in [1.54, 1.807) is 0 Å². The highest BCUT2D eigenvalue weighted by molar-refractivity contribution is 8.00. The van der Waals surface area contributed by atoms with Crippen molar-refractivity contribution in [3.8, 4) is 0 Å². The lowest BCUT2D eigenvalue weighted by Crippen LogP contribution is -2.30. The van der Waals surface area contributed by atoms with Crippen molar-refractivity contribution < 1.29 is 4.52 Å². The number of rotatable bonds is 5. The number of nitrogens with two attached hydrogens (primary N) is 1. The number of aromatic nitrogens is 4. The maximum atomic E-state index is 5.90. The zero-order valence-corrected chi connectivity index (χ0v) is 12.9. The number of nitrogens with zero attached hydrogens (tertiary/aromatic N) is 5. The molecule has 104 valence electrons. The second kappa shape index (κ2) is 5.43. The highest BCUT2D eigenvalue weighted by atomic mass is 32.2. The summed E-state index contributed by atoms with van der Waals surface area (Å²) < 4.78 is 6.02. The van der Waals surface area contributed by atoms with Gasteiger partial charge < -0.3 is 15.2 Å². The Morgan fingerprint density at radius 1 is 1.37 bits per heavy atom. The lowest BCUT2D eigenvalue weighted by molar-refractivity contribution is 0.370. The smallest absolute Gasteiger partial charge is 0.237 e. The van der Waals surface area contributed by atoms with Crippen molar-refractivity contribution in [2.45, 2.75) is 29.5 Å². The minimum atomic E-state index is -0.590. The van der Waals surface area contributed by atoms with Gasteiger partial charge >= 0.3 is 0 Å². The molecule has 0 bridgehead atoms. The zero-order chi connectivity index (χ0) is 14.0. The van der Waals surface area contributed by atoms with Crippen LogP contribution in [0.4, 0.5) is 5.13 Å². The van der Waals surface area contributed by atoms with Crippen molar-refractivity contribution in [3.05, 3.63) is 11.7 Å². The summed E-state index contributed by atoms with van der Waals surface area (Å²) in [6.07, 6.45) is 0. The van der Waals surface area contributed by atoms with Crippen LogP contribution in [-0.2, 0) is 11.3 Å². The highest BCUT2D eigenvalue weighted by Crippen LogP contribution is 2.29. The fourth-order valence-corrected chi connectivity index (χ4v) is 2.74. The molecule has 0 spiro atoms. The monoisotopic (exact) mass is 300 g/mol. The molecule has 19 heavy (non-hydrogen) atoms. The Labute approximate surface area is 119 Å². The maximum absolute atomic E-state index is 5.90. The van der Waals surface area contributed by atoms with Crippen LogP contribution in [-0.4, -0.2) is 34.4 Å². The quantitative estimate of drug-likeness (QED) is 0.830. The van der Waals surface area contributed by atoms with Gasteiger partial charge in [0.2, 0.25) is 11.0 Å². The summed E-state index contributed by atoms with van der Waals surface area (Å²) in [5, 5.41) is 12.9. The molecule has 2 aromatic heterocycles. The fourth-order valence-electron chi connectivity index (χ4n) is 1.14. The maximum Gasteiger partial charge on any atom is 0.237 e. The molecule has 0 aliphatic heterocycles. The van der Waals surface area contributed by atoms with Crippen LogP contribution in [0.3, 0.4) is 0 Å². The van der Waals surface area contributed by atoms with E-state index in [2.05, 4.69) is 20.3 Å². The molecular weight excluding hydrogens is 284 g/mol. The molecule has 0 unspecified atom stereocenters. The van der Waals surface area contributed by atoms with Crippen LogP contribution in [0.1, 0.15) is 25.6 Å². The molecule has 0 aliphatic carbocycles. The molecular formula is C10H16N6OS2. The normalized spacial score (nSPS) is 11.8. The number of anilines is 1. The second-order valence-electron chi connectivity index (χ2n) is 4.77. The van der Waals surface area contributed by atoms with Gasteiger partial charge in [0.15, 0.2) is 10.2 Å². The highest BCUT2D eigenvalue weighted by Gasteiger charge is 2.21. The summed E-state index contributed by atoms with van der Waals surface area (Å²) in [6.45, 7) is 3.67. The largest absolute Gasteiger partial charge is 0.353 e. The van der Waals surface area contributed by atoms with E-state index in [1.165, 1.54) is 23.1 Å². The topological polar surface area (TPSA) is 94.0 Å². The molecule has 0 atom stereocenters. The molecule has 2 heterocycles. The molecule has 0 amide bonds. The molecule has 2 N–H and O–H groups in total. The first-order valence-corrected chi connectivity index (χ1v) is 7.42. The van der Waals surface area contributed by atoms with Crippen LogP contribution < -0.4 is 10.6 Å². The van der Waals surface area contributed by atoms with Gasteiger partial charge in [0.1, 0.15) is 0 Å². The van der Waals surface area contributed by atoms with Crippen molar-refractivity contribution in [3.63, 3.8) is 0 Å². The molecule has 0 aromatic carbocycles. The third kappa shape index (κ3) is 3.64. The van der Waals surface area contributed by atoms with Crippen molar-refractivity contribution in [1.82, 2.24) is 20.3 Å². The van der Waals surface area contributed by atoms with E-state index >= 15 is 0 Å². The molecule has 0 saturated heterocycles. The zero-order valence-electron chi connectivity index (χ0n) is 11.2. The lowest BCUT2D eigenvalue weighted by Gasteiger charge is -2.11. The molecule has 7 nitrogen and oxygen atoms in total. The van der Waals surface area contributed by atoms with Gasteiger partial charge in [0.05, 0.1) is 11.3 Å².